The Bertz CT molecular complexity index is 456. The quantitative estimate of drug-likeness (QED) is 0.568. The summed E-state index contributed by atoms with van der Waals surface area (Å²) in [4.78, 5) is 11.2. The molecule has 0 spiro atoms. The Labute approximate surface area is 98.2 Å². The smallest absolute Gasteiger partial charge is 0.338 e. The fraction of sp³-hybridized carbons (Fsp3) is 0.417. The average molecular weight is 236 g/mol. The van der Waals surface area contributed by atoms with Gasteiger partial charge in [-0.2, -0.15) is 0 Å². The number of carbonyl (C=O) groups excluding carboxylic acids is 1. The Hall–Kier alpha value is -1.75. The molecule has 3 rings (SSSR count). The molecule has 2 aliphatic rings. The normalized spacial score (nSPS) is 25.2. The summed E-state index contributed by atoms with van der Waals surface area (Å²) in [5, 5.41) is 0. The van der Waals surface area contributed by atoms with Gasteiger partial charge in [-0.25, -0.2) is 4.79 Å². The highest BCUT2D eigenvalue weighted by Crippen LogP contribution is 2.42. The van der Waals surface area contributed by atoms with Gasteiger partial charge >= 0.3 is 5.97 Å². The Kier molecular flexibility index (Phi) is 2.40. The average Bonchev–Trinajstić information content (AvgIpc) is 3.17. The molecular formula is C12H12O5. The second-order valence-corrected chi connectivity index (χ2v) is 3.90. The van der Waals surface area contributed by atoms with E-state index in [1.807, 2.05) is 18.2 Å². The van der Waals surface area contributed by atoms with Crippen molar-refractivity contribution in [3.05, 3.63) is 23.8 Å². The van der Waals surface area contributed by atoms with Gasteiger partial charge in [0, 0.05) is 0 Å². The van der Waals surface area contributed by atoms with E-state index in [9.17, 15) is 4.79 Å². The molecule has 17 heavy (non-hydrogen) atoms. The number of esters is 1. The van der Waals surface area contributed by atoms with Crippen molar-refractivity contribution in [2.24, 2.45) is 0 Å². The molecule has 0 N–H and O–H groups in total. The van der Waals surface area contributed by atoms with Gasteiger partial charge < -0.3 is 18.9 Å². The molecule has 0 saturated carbocycles. The molecule has 0 radical (unpaired) electrons. The SMILES string of the molecule is COC(=O)C1OC1c1ccc2c(c1)OCCO2. The molecule has 2 heterocycles. The fourth-order valence-electron chi connectivity index (χ4n) is 1.90. The van der Waals surface area contributed by atoms with Gasteiger partial charge in [-0.15, -0.1) is 0 Å². The predicted octanol–water partition coefficient (Wildman–Crippen LogP) is 1.07. The van der Waals surface area contributed by atoms with E-state index in [1.165, 1.54) is 7.11 Å². The molecule has 5 nitrogen and oxygen atoms in total. The summed E-state index contributed by atoms with van der Waals surface area (Å²) in [7, 11) is 1.35. The van der Waals surface area contributed by atoms with E-state index in [2.05, 4.69) is 4.74 Å². The van der Waals surface area contributed by atoms with Crippen LogP contribution in [0.25, 0.3) is 0 Å². The van der Waals surface area contributed by atoms with Crippen molar-refractivity contribution in [2.75, 3.05) is 20.3 Å². The first-order valence-electron chi connectivity index (χ1n) is 5.42. The number of epoxide rings is 1. The molecule has 1 fully saturated rings. The number of fused-ring (bicyclic) bond motifs is 1. The van der Waals surface area contributed by atoms with E-state index in [0.717, 1.165) is 11.3 Å². The number of ether oxygens (including phenoxy) is 4. The largest absolute Gasteiger partial charge is 0.486 e. The van der Waals surface area contributed by atoms with Crippen LogP contribution in [0.5, 0.6) is 11.5 Å². The molecule has 1 aromatic rings. The minimum atomic E-state index is -0.484. The summed E-state index contributed by atoms with van der Waals surface area (Å²) in [6.45, 7) is 1.11. The minimum absolute atomic E-state index is 0.224. The fourth-order valence-corrected chi connectivity index (χ4v) is 1.90. The standard InChI is InChI=1S/C12H12O5/c1-14-12(13)11-10(17-11)7-2-3-8-9(6-7)16-5-4-15-8/h2-3,6,10-11H,4-5H2,1H3. The Morgan fingerprint density at radius 3 is 2.82 bits per heavy atom. The first-order chi connectivity index (χ1) is 8.29. The highest BCUT2D eigenvalue weighted by Gasteiger charge is 2.47. The summed E-state index contributed by atoms with van der Waals surface area (Å²) in [6.07, 6.45) is -0.708. The van der Waals surface area contributed by atoms with Crippen LogP contribution in [-0.2, 0) is 14.3 Å². The molecule has 2 aliphatic heterocycles. The van der Waals surface area contributed by atoms with Crippen LogP contribution >= 0.6 is 0 Å². The van der Waals surface area contributed by atoms with Crippen LogP contribution in [0.3, 0.4) is 0 Å². The summed E-state index contributed by atoms with van der Waals surface area (Å²) in [5.41, 5.74) is 0.907. The van der Waals surface area contributed by atoms with E-state index in [1.54, 1.807) is 0 Å². The van der Waals surface area contributed by atoms with Crippen molar-refractivity contribution in [1.82, 2.24) is 0 Å². The van der Waals surface area contributed by atoms with Gasteiger partial charge in [0.2, 0.25) is 0 Å². The second kappa shape index (κ2) is 3.92. The topological polar surface area (TPSA) is 57.3 Å². The highest BCUT2D eigenvalue weighted by atomic mass is 16.6. The zero-order valence-corrected chi connectivity index (χ0v) is 9.34. The summed E-state index contributed by atoms with van der Waals surface area (Å²) >= 11 is 0. The number of methoxy groups -OCH3 is 1. The third kappa shape index (κ3) is 1.82. The predicted molar refractivity (Wildman–Crippen MR) is 57.1 cm³/mol. The van der Waals surface area contributed by atoms with Crippen LogP contribution in [0.15, 0.2) is 18.2 Å². The zero-order chi connectivity index (χ0) is 11.8. The van der Waals surface area contributed by atoms with Gasteiger partial charge in [-0.1, -0.05) is 6.07 Å². The van der Waals surface area contributed by atoms with Crippen LogP contribution < -0.4 is 9.47 Å². The molecule has 0 aromatic heterocycles. The lowest BCUT2D eigenvalue weighted by Gasteiger charge is -2.18. The number of carbonyl (C=O) groups is 1. The van der Waals surface area contributed by atoms with Gasteiger partial charge in [0.25, 0.3) is 0 Å². The zero-order valence-electron chi connectivity index (χ0n) is 9.34. The Morgan fingerprint density at radius 1 is 1.29 bits per heavy atom. The highest BCUT2D eigenvalue weighted by molar-refractivity contribution is 5.78. The summed E-state index contributed by atoms with van der Waals surface area (Å²) in [6, 6.07) is 5.56. The molecule has 1 aromatic carbocycles. The summed E-state index contributed by atoms with van der Waals surface area (Å²) in [5.74, 6) is 1.09. The van der Waals surface area contributed by atoms with Gasteiger partial charge in [-0.05, 0) is 17.7 Å². The van der Waals surface area contributed by atoms with Crippen LogP contribution in [-0.4, -0.2) is 32.4 Å². The first kappa shape index (κ1) is 10.4. The molecule has 0 bridgehead atoms. The number of benzene rings is 1. The van der Waals surface area contributed by atoms with E-state index < -0.39 is 6.10 Å². The van der Waals surface area contributed by atoms with Crippen LogP contribution in [0, 0.1) is 0 Å². The molecular weight excluding hydrogens is 224 g/mol. The number of hydrogen-bond acceptors (Lipinski definition) is 5. The Morgan fingerprint density at radius 2 is 2.06 bits per heavy atom. The van der Waals surface area contributed by atoms with E-state index >= 15 is 0 Å². The van der Waals surface area contributed by atoms with Crippen LogP contribution in [0.2, 0.25) is 0 Å². The molecule has 0 amide bonds. The van der Waals surface area contributed by atoms with Crippen molar-refractivity contribution in [1.29, 1.82) is 0 Å². The monoisotopic (exact) mass is 236 g/mol. The van der Waals surface area contributed by atoms with E-state index in [-0.39, 0.29) is 12.1 Å². The maximum atomic E-state index is 11.2. The van der Waals surface area contributed by atoms with Crippen LogP contribution in [0.4, 0.5) is 0 Å². The van der Waals surface area contributed by atoms with Gasteiger partial charge in [-0.3, -0.25) is 0 Å². The maximum absolute atomic E-state index is 11.2. The second-order valence-electron chi connectivity index (χ2n) is 3.90. The molecule has 2 unspecified atom stereocenters. The van der Waals surface area contributed by atoms with E-state index in [4.69, 9.17) is 14.2 Å². The van der Waals surface area contributed by atoms with Crippen molar-refractivity contribution in [2.45, 2.75) is 12.2 Å². The van der Waals surface area contributed by atoms with Crippen molar-refractivity contribution >= 4 is 5.97 Å². The van der Waals surface area contributed by atoms with Crippen LogP contribution in [0.1, 0.15) is 11.7 Å². The molecule has 0 aliphatic carbocycles. The first-order valence-corrected chi connectivity index (χ1v) is 5.42. The molecule has 90 valence electrons. The van der Waals surface area contributed by atoms with Crippen molar-refractivity contribution in [3.63, 3.8) is 0 Å². The molecule has 5 heteroatoms. The number of hydrogen-bond donors (Lipinski definition) is 0. The third-order valence-corrected chi connectivity index (χ3v) is 2.82. The minimum Gasteiger partial charge on any atom is -0.486 e. The maximum Gasteiger partial charge on any atom is 0.338 e. The third-order valence-electron chi connectivity index (χ3n) is 2.82. The lowest BCUT2D eigenvalue weighted by Crippen LogP contribution is -2.15. The van der Waals surface area contributed by atoms with Crippen molar-refractivity contribution < 1.29 is 23.7 Å². The lowest BCUT2D eigenvalue weighted by atomic mass is 10.1. The molecule has 2 atom stereocenters. The number of rotatable bonds is 2. The van der Waals surface area contributed by atoms with E-state index in [0.29, 0.717) is 19.0 Å². The van der Waals surface area contributed by atoms with Crippen molar-refractivity contribution in [3.8, 4) is 11.5 Å². The van der Waals surface area contributed by atoms with Gasteiger partial charge in [0.1, 0.15) is 19.3 Å². The Balaban J connectivity index is 1.79. The lowest BCUT2D eigenvalue weighted by molar-refractivity contribution is -0.142. The van der Waals surface area contributed by atoms with Gasteiger partial charge in [0.15, 0.2) is 17.6 Å². The summed E-state index contributed by atoms with van der Waals surface area (Å²) < 4.78 is 20.8. The van der Waals surface area contributed by atoms with Gasteiger partial charge in [0.05, 0.1) is 7.11 Å². The molecule has 1 saturated heterocycles.